The minimum absolute atomic E-state index is 0.0771. The van der Waals surface area contributed by atoms with Gasteiger partial charge in [-0.2, -0.15) is 0 Å². The second-order valence-electron chi connectivity index (χ2n) is 7.29. The number of nitrogens with one attached hydrogen (secondary N) is 1. The number of fused-ring (bicyclic) bond motifs is 1. The van der Waals surface area contributed by atoms with Gasteiger partial charge in [-0.1, -0.05) is 36.4 Å². The highest BCUT2D eigenvalue weighted by molar-refractivity contribution is 5.91. The molecule has 1 N–H and O–H groups in total. The highest BCUT2D eigenvalue weighted by Gasteiger charge is 2.17. The Bertz CT molecular complexity index is 1460. The van der Waals surface area contributed by atoms with Gasteiger partial charge >= 0.3 is 5.69 Å². The van der Waals surface area contributed by atoms with E-state index in [4.69, 9.17) is 0 Å². The third kappa shape index (κ3) is 4.69. The van der Waals surface area contributed by atoms with E-state index in [2.05, 4.69) is 10.3 Å². The minimum Gasteiger partial charge on any atom is -0.324 e. The Morgan fingerprint density at radius 2 is 1.79 bits per heavy atom. The summed E-state index contributed by atoms with van der Waals surface area (Å²) in [7, 11) is 0. The van der Waals surface area contributed by atoms with Crippen molar-refractivity contribution in [2.75, 3.05) is 5.32 Å². The van der Waals surface area contributed by atoms with E-state index in [9.17, 15) is 24.5 Å². The van der Waals surface area contributed by atoms with Gasteiger partial charge in [-0.05, 0) is 30.2 Å². The quantitative estimate of drug-likeness (QED) is 0.343. The SMILES string of the molecule is O=C(Cn1c(=O)n(CCc2ccccc2)c(=O)c2ncccc21)Nc1cccc([N+](=O)[O-])c1. The normalized spacial score (nSPS) is 10.8. The van der Waals surface area contributed by atoms with Crippen LogP contribution in [0.4, 0.5) is 11.4 Å². The van der Waals surface area contributed by atoms with Crippen LogP contribution in [0.3, 0.4) is 0 Å². The summed E-state index contributed by atoms with van der Waals surface area (Å²) in [5.41, 5.74) is 0.162. The first-order valence-electron chi connectivity index (χ1n) is 10.1. The average Bonchev–Trinajstić information content (AvgIpc) is 2.82. The molecule has 166 valence electrons. The van der Waals surface area contributed by atoms with Crippen LogP contribution in [0.5, 0.6) is 0 Å². The van der Waals surface area contributed by atoms with E-state index in [1.165, 1.54) is 35.0 Å². The summed E-state index contributed by atoms with van der Waals surface area (Å²) in [6.07, 6.45) is 1.90. The van der Waals surface area contributed by atoms with Crippen molar-refractivity contribution in [2.45, 2.75) is 19.5 Å². The Balaban J connectivity index is 1.67. The lowest BCUT2D eigenvalue weighted by atomic mass is 10.1. The molecule has 0 radical (unpaired) electrons. The molecule has 2 heterocycles. The zero-order valence-corrected chi connectivity index (χ0v) is 17.4. The molecule has 2 aromatic heterocycles. The molecule has 4 rings (SSSR count). The number of hydrogen-bond acceptors (Lipinski definition) is 6. The smallest absolute Gasteiger partial charge is 0.324 e. The second-order valence-corrected chi connectivity index (χ2v) is 7.29. The summed E-state index contributed by atoms with van der Waals surface area (Å²) >= 11 is 0. The molecular weight excluding hydrogens is 426 g/mol. The number of non-ortho nitro benzene ring substituents is 1. The summed E-state index contributed by atoms with van der Waals surface area (Å²) in [5, 5.41) is 13.5. The van der Waals surface area contributed by atoms with Crippen LogP contribution in [0, 0.1) is 10.1 Å². The van der Waals surface area contributed by atoms with Crippen molar-refractivity contribution in [2.24, 2.45) is 0 Å². The number of nitro groups is 1. The van der Waals surface area contributed by atoms with Crippen LogP contribution in [-0.2, 0) is 24.3 Å². The fourth-order valence-electron chi connectivity index (χ4n) is 3.52. The topological polar surface area (TPSA) is 129 Å². The molecule has 2 aromatic carbocycles. The molecule has 0 bridgehead atoms. The number of benzene rings is 2. The largest absolute Gasteiger partial charge is 0.332 e. The Labute approximate surface area is 186 Å². The highest BCUT2D eigenvalue weighted by Crippen LogP contribution is 2.17. The number of amides is 1. The van der Waals surface area contributed by atoms with Crippen LogP contribution in [-0.4, -0.2) is 24.9 Å². The number of carbonyl (C=O) groups is 1. The molecule has 0 aliphatic heterocycles. The number of carbonyl (C=O) groups excluding carboxylic acids is 1. The van der Waals surface area contributed by atoms with Crippen LogP contribution >= 0.6 is 0 Å². The van der Waals surface area contributed by atoms with Gasteiger partial charge in [-0.25, -0.2) is 9.78 Å². The summed E-state index contributed by atoms with van der Waals surface area (Å²) < 4.78 is 2.25. The summed E-state index contributed by atoms with van der Waals surface area (Å²) in [4.78, 5) is 53.3. The molecule has 0 saturated heterocycles. The molecule has 0 aliphatic carbocycles. The lowest BCUT2D eigenvalue weighted by Gasteiger charge is -2.14. The fourth-order valence-corrected chi connectivity index (χ4v) is 3.52. The van der Waals surface area contributed by atoms with Gasteiger partial charge in [0.05, 0.1) is 10.4 Å². The molecule has 0 unspecified atom stereocenters. The van der Waals surface area contributed by atoms with Gasteiger partial charge in [0.25, 0.3) is 11.2 Å². The van der Waals surface area contributed by atoms with E-state index in [-0.39, 0.29) is 29.0 Å². The molecule has 10 nitrogen and oxygen atoms in total. The number of pyridine rings is 1. The number of aryl methyl sites for hydroxylation is 1. The molecule has 1 amide bonds. The standard InChI is InChI=1S/C23H19N5O5/c29-20(25-17-8-4-9-18(14-17)28(32)33)15-27-19-10-5-12-24-21(19)22(30)26(23(27)31)13-11-16-6-2-1-3-7-16/h1-10,12,14H,11,13,15H2,(H,25,29). The van der Waals surface area contributed by atoms with E-state index in [0.29, 0.717) is 6.42 Å². The third-order valence-electron chi connectivity index (χ3n) is 5.10. The first-order chi connectivity index (χ1) is 15.9. The lowest BCUT2D eigenvalue weighted by molar-refractivity contribution is -0.384. The predicted molar refractivity (Wildman–Crippen MR) is 122 cm³/mol. The van der Waals surface area contributed by atoms with Gasteiger partial charge in [-0.3, -0.25) is 28.8 Å². The molecule has 0 saturated carbocycles. The van der Waals surface area contributed by atoms with Crippen molar-refractivity contribution in [3.8, 4) is 0 Å². The lowest BCUT2D eigenvalue weighted by Crippen LogP contribution is -2.42. The van der Waals surface area contributed by atoms with Crippen LogP contribution in [0.25, 0.3) is 11.0 Å². The number of hydrogen-bond donors (Lipinski definition) is 1. The van der Waals surface area contributed by atoms with E-state index < -0.39 is 28.6 Å². The Kier molecular flexibility index (Phi) is 6.07. The average molecular weight is 445 g/mol. The van der Waals surface area contributed by atoms with Gasteiger partial charge in [0.15, 0.2) is 5.52 Å². The molecule has 0 fully saturated rings. The first kappa shape index (κ1) is 21.6. The van der Waals surface area contributed by atoms with Crippen LogP contribution in [0.2, 0.25) is 0 Å². The summed E-state index contributed by atoms with van der Waals surface area (Å²) in [5.74, 6) is -0.573. The maximum absolute atomic E-state index is 13.2. The van der Waals surface area contributed by atoms with Crippen LogP contribution < -0.4 is 16.6 Å². The molecule has 0 spiro atoms. The molecule has 33 heavy (non-hydrogen) atoms. The van der Waals surface area contributed by atoms with E-state index in [1.807, 2.05) is 30.3 Å². The van der Waals surface area contributed by atoms with Gasteiger partial charge in [0.1, 0.15) is 6.54 Å². The first-order valence-corrected chi connectivity index (χ1v) is 10.1. The maximum atomic E-state index is 13.2. The number of nitrogens with zero attached hydrogens (tertiary/aromatic N) is 4. The fraction of sp³-hybridized carbons (Fsp3) is 0.130. The van der Waals surface area contributed by atoms with Crippen LogP contribution in [0.15, 0.2) is 82.5 Å². The van der Waals surface area contributed by atoms with Gasteiger partial charge < -0.3 is 5.32 Å². The maximum Gasteiger partial charge on any atom is 0.332 e. The van der Waals surface area contributed by atoms with Crippen molar-refractivity contribution in [3.63, 3.8) is 0 Å². The second kappa shape index (κ2) is 9.27. The Hall–Kier alpha value is -4.60. The van der Waals surface area contributed by atoms with Crippen molar-refractivity contribution < 1.29 is 9.72 Å². The minimum atomic E-state index is -0.634. The van der Waals surface area contributed by atoms with Crippen molar-refractivity contribution in [1.29, 1.82) is 0 Å². The van der Waals surface area contributed by atoms with Crippen molar-refractivity contribution in [3.05, 3.63) is 109 Å². The number of rotatable bonds is 7. The monoisotopic (exact) mass is 445 g/mol. The van der Waals surface area contributed by atoms with Crippen molar-refractivity contribution >= 4 is 28.3 Å². The van der Waals surface area contributed by atoms with E-state index >= 15 is 0 Å². The third-order valence-corrected chi connectivity index (χ3v) is 5.10. The Morgan fingerprint density at radius 1 is 1.00 bits per heavy atom. The van der Waals surface area contributed by atoms with Gasteiger partial charge in [-0.15, -0.1) is 0 Å². The van der Waals surface area contributed by atoms with Crippen molar-refractivity contribution in [1.82, 2.24) is 14.1 Å². The number of aromatic nitrogens is 3. The molecule has 4 aromatic rings. The van der Waals surface area contributed by atoms with Gasteiger partial charge in [0, 0.05) is 30.6 Å². The summed E-state index contributed by atoms with van der Waals surface area (Å²) in [6.45, 7) is -0.268. The summed E-state index contributed by atoms with van der Waals surface area (Å²) in [6, 6.07) is 18.0. The highest BCUT2D eigenvalue weighted by atomic mass is 16.6. The molecular formula is C23H19N5O5. The molecule has 0 atom stereocenters. The zero-order chi connectivity index (χ0) is 23.4. The van der Waals surface area contributed by atoms with Gasteiger partial charge in [0.2, 0.25) is 5.91 Å². The Morgan fingerprint density at radius 3 is 2.55 bits per heavy atom. The predicted octanol–water partition coefficient (Wildman–Crippen LogP) is 2.35. The van der Waals surface area contributed by atoms with Crippen LogP contribution in [0.1, 0.15) is 5.56 Å². The zero-order valence-electron chi connectivity index (χ0n) is 17.4. The molecule has 0 aliphatic rings. The van der Waals surface area contributed by atoms with E-state index in [0.717, 1.165) is 10.1 Å². The molecule has 10 heteroatoms. The number of nitro benzene ring substituents is 1. The van der Waals surface area contributed by atoms with E-state index in [1.54, 1.807) is 12.1 Å². The number of anilines is 1.